The smallest absolute Gasteiger partial charge is 0.163 e. The van der Waals surface area contributed by atoms with E-state index in [1.54, 1.807) is 27.2 Å². The van der Waals surface area contributed by atoms with Crippen molar-refractivity contribution in [2.75, 3.05) is 33.9 Å². The maximum atomic E-state index is 11.7. The highest BCUT2D eigenvalue weighted by Gasteiger charge is 2.28. The molecular weight excluding hydrogens is 342 g/mol. The first-order chi connectivity index (χ1) is 13.1. The first-order valence-corrected chi connectivity index (χ1v) is 9.32. The number of likely N-dealkylation sites (tertiary alicyclic amines) is 1. The molecule has 1 fully saturated rings. The fraction of sp³-hybridized carbons (Fsp3) is 0.409. The van der Waals surface area contributed by atoms with E-state index < -0.39 is 0 Å². The Bertz CT molecular complexity index is 790. The minimum atomic E-state index is 0.0209. The number of methoxy groups -OCH3 is 2. The molecule has 0 aromatic heterocycles. The molecule has 0 spiro atoms. The highest BCUT2D eigenvalue weighted by molar-refractivity contribution is 5.96. The Labute approximate surface area is 160 Å². The van der Waals surface area contributed by atoms with E-state index in [1.807, 2.05) is 30.3 Å². The van der Waals surface area contributed by atoms with E-state index in [0.717, 1.165) is 37.4 Å². The average molecular weight is 369 g/mol. The molecule has 1 unspecified atom stereocenters. The van der Waals surface area contributed by atoms with Crippen LogP contribution in [-0.4, -0.2) is 44.6 Å². The molecule has 3 rings (SSSR count). The zero-order chi connectivity index (χ0) is 19.2. The van der Waals surface area contributed by atoms with Crippen molar-refractivity contribution in [2.45, 2.75) is 25.8 Å². The normalized spacial score (nSPS) is 16.9. The molecule has 27 heavy (non-hydrogen) atoms. The van der Waals surface area contributed by atoms with Crippen LogP contribution in [-0.2, 0) is 0 Å². The van der Waals surface area contributed by atoms with Crippen molar-refractivity contribution in [3.63, 3.8) is 0 Å². The molecule has 1 aliphatic heterocycles. The van der Waals surface area contributed by atoms with Gasteiger partial charge in [0.2, 0.25) is 0 Å². The van der Waals surface area contributed by atoms with Crippen LogP contribution in [0.1, 0.15) is 41.7 Å². The summed E-state index contributed by atoms with van der Waals surface area (Å²) in [7, 11) is 3.35. The van der Waals surface area contributed by atoms with Gasteiger partial charge < -0.3 is 14.2 Å². The van der Waals surface area contributed by atoms with Crippen LogP contribution >= 0.6 is 0 Å². The third-order valence-corrected chi connectivity index (χ3v) is 5.07. The molecule has 1 atom stereocenters. The van der Waals surface area contributed by atoms with E-state index >= 15 is 0 Å². The van der Waals surface area contributed by atoms with Crippen LogP contribution < -0.4 is 14.2 Å². The number of Topliss-reactive ketones (excluding diaryl/α,β-unsaturated/α-hetero) is 1. The molecular formula is C22H27NO4. The van der Waals surface area contributed by atoms with E-state index in [0.29, 0.717) is 24.0 Å². The largest absolute Gasteiger partial charge is 0.497 e. The highest BCUT2D eigenvalue weighted by Crippen LogP contribution is 2.38. The first kappa shape index (κ1) is 19.2. The van der Waals surface area contributed by atoms with Crippen LogP contribution in [0.3, 0.4) is 0 Å². The molecule has 0 amide bonds. The van der Waals surface area contributed by atoms with Crippen molar-refractivity contribution in [1.29, 1.82) is 0 Å². The number of hydrogen-bond acceptors (Lipinski definition) is 5. The number of carbonyl (C=O) groups is 1. The Morgan fingerprint density at radius 1 is 1.11 bits per heavy atom. The van der Waals surface area contributed by atoms with Gasteiger partial charge >= 0.3 is 0 Å². The molecule has 0 aliphatic carbocycles. The summed E-state index contributed by atoms with van der Waals surface area (Å²) < 4.78 is 16.8. The van der Waals surface area contributed by atoms with Crippen LogP contribution in [0.4, 0.5) is 0 Å². The van der Waals surface area contributed by atoms with Crippen molar-refractivity contribution >= 4 is 5.78 Å². The lowest BCUT2D eigenvalue weighted by molar-refractivity contribution is 0.101. The monoisotopic (exact) mass is 369 g/mol. The molecule has 0 bridgehead atoms. The predicted molar refractivity (Wildman–Crippen MR) is 105 cm³/mol. The van der Waals surface area contributed by atoms with Gasteiger partial charge in [0.05, 0.1) is 19.8 Å². The van der Waals surface area contributed by atoms with Crippen LogP contribution in [0.25, 0.3) is 0 Å². The second-order valence-corrected chi connectivity index (χ2v) is 6.70. The number of ketones is 1. The maximum Gasteiger partial charge on any atom is 0.163 e. The average Bonchev–Trinajstić information content (AvgIpc) is 3.16. The van der Waals surface area contributed by atoms with Gasteiger partial charge in [-0.1, -0.05) is 18.2 Å². The van der Waals surface area contributed by atoms with Gasteiger partial charge in [-0.3, -0.25) is 9.69 Å². The third kappa shape index (κ3) is 4.42. The maximum absolute atomic E-state index is 11.7. The predicted octanol–water partition coefficient (Wildman–Crippen LogP) is 4.12. The minimum Gasteiger partial charge on any atom is -0.497 e. The number of ether oxygens (including phenoxy) is 3. The third-order valence-electron chi connectivity index (χ3n) is 5.07. The summed E-state index contributed by atoms with van der Waals surface area (Å²) in [5, 5.41) is 0. The highest BCUT2D eigenvalue weighted by atomic mass is 16.5. The molecule has 2 aromatic rings. The summed E-state index contributed by atoms with van der Waals surface area (Å²) in [5.74, 6) is 2.33. The fourth-order valence-corrected chi connectivity index (χ4v) is 3.70. The standard InChI is InChI=1S/C22H27NO4/c1-16(24)18-7-4-5-9-21(18)27-14-13-23-12-6-8-20(23)19-11-10-17(25-2)15-22(19)26-3/h4-5,7,9-11,15,20H,6,8,12-14H2,1-3H3. The quantitative estimate of drug-likeness (QED) is 0.655. The van der Waals surface area contributed by atoms with E-state index in [-0.39, 0.29) is 5.78 Å². The van der Waals surface area contributed by atoms with Crippen molar-refractivity contribution in [3.8, 4) is 17.2 Å². The Kier molecular flexibility index (Phi) is 6.35. The van der Waals surface area contributed by atoms with E-state index in [2.05, 4.69) is 11.0 Å². The number of hydrogen-bond donors (Lipinski definition) is 0. The molecule has 0 saturated carbocycles. The SMILES string of the molecule is COc1ccc(C2CCCN2CCOc2ccccc2C(C)=O)c(OC)c1. The fourth-order valence-electron chi connectivity index (χ4n) is 3.70. The lowest BCUT2D eigenvalue weighted by atomic mass is 10.0. The zero-order valence-corrected chi connectivity index (χ0v) is 16.2. The summed E-state index contributed by atoms with van der Waals surface area (Å²) in [6.07, 6.45) is 2.23. The van der Waals surface area contributed by atoms with Crippen LogP contribution in [0.5, 0.6) is 17.2 Å². The molecule has 5 nitrogen and oxygen atoms in total. The molecule has 0 radical (unpaired) electrons. The summed E-state index contributed by atoms with van der Waals surface area (Å²) in [6.45, 7) is 3.93. The first-order valence-electron chi connectivity index (χ1n) is 9.32. The van der Waals surface area contributed by atoms with Gasteiger partial charge in [-0.2, -0.15) is 0 Å². The lowest BCUT2D eigenvalue weighted by Crippen LogP contribution is -2.28. The molecule has 1 saturated heterocycles. The molecule has 2 aromatic carbocycles. The second kappa shape index (κ2) is 8.91. The summed E-state index contributed by atoms with van der Waals surface area (Å²) in [6, 6.07) is 13.7. The topological polar surface area (TPSA) is 48.0 Å². The summed E-state index contributed by atoms with van der Waals surface area (Å²) >= 11 is 0. The Balaban J connectivity index is 1.67. The summed E-state index contributed by atoms with van der Waals surface area (Å²) in [5.41, 5.74) is 1.81. The molecule has 144 valence electrons. The molecule has 0 N–H and O–H groups in total. The number of benzene rings is 2. The van der Waals surface area contributed by atoms with Crippen molar-refractivity contribution < 1.29 is 19.0 Å². The van der Waals surface area contributed by atoms with E-state index in [4.69, 9.17) is 14.2 Å². The van der Waals surface area contributed by atoms with Crippen molar-refractivity contribution in [1.82, 2.24) is 4.90 Å². The van der Waals surface area contributed by atoms with Crippen molar-refractivity contribution in [3.05, 3.63) is 53.6 Å². The Hall–Kier alpha value is -2.53. The van der Waals surface area contributed by atoms with Gasteiger partial charge in [0.15, 0.2) is 5.78 Å². The second-order valence-electron chi connectivity index (χ2n) is 6.70. The number of rotatable bonds is 8. The van der Waals surface area contributed by atoms with Crippen molar-refractivity contribution in [2.24, 2.45) is 0 Å². The van der Waals surface area contributed by atoms with E-state index in [9.17, 15) is 4.79 Å². The van der Waals surface area contributed by atoms with Gasteiger partial charge in [-0.15, -0.1) is 0 Å². The molecule has 1 heterocycles. The van der Waals surface area contributed by atoms with Gasteiger partial charge in [-0.25, -0.2) is 0 Å². The van der Waals surface area contributed by atoms with Crippen LogP contribution in [0.15, 0.2) is 42.5 Å². The van der Waals surface area contributed by atoms with Gasteiger partial charge in [0, 0.05) is 24.2 Å². The molecule has 1 aliphatic rings. The lowest BCUT2D eigenvalue weighted by Gasteiger charge is -2.26. The Morgan fingerprint density at radius 3 is 2.67 bits per heavy atom. The van der Waals surface area contributed by atoms with Gasteiger partial charge in [0.1, 0.15) is 23.9 Å². The number of carbonyl (C=O) groups excluding carboxylic acids is 1. The van der Waals surface area contributed by atoms with E-state index in [1.165, 1.54) is 5.56 Å². The van der Waals surface area contributed by atoms with Gasteiger partial charge in [-0.05, 0) is 44.5 Å². The van der Waals surface area contributed by atoms with Gasteiger partial charge in [0.25, 0.3) is 0 Å². The Morgan fingerprint density at radius 2 is 1.93 bits per heavy atom. The zero-order valence-electron chi connectivity index (χ0n) is 16.2. The number of para-hydroxylation sites is 1. The molecule has 5 heteroatoms. The van der Waals surface area contributed by atoms with Crippen LogP contribution in [0, 0.1) is 0 Å². The minimum absolute atomic E-state index is 0.0209. The summed E-state index contributed by atoms with van der Waals surface area (Å²) in [4.78, 5) is 14.1. The van der Waals surface area contributed by atoms with Crippen LogP contribution in [0.2, 0.25) is 0 Å². The number of nitrogens with zero attached hydrogens (tertiary/aromatic N) is 1.